The summed E-state index contributed by atoms with van der Waals surface area (Å²) in [7, 11) is -3.09. The van der Waals surface area contributed by atoms with Crippen molar-refractivity contribution in [2.24, 2.45) is 0 Å². The summed E-state index contributed by atoms with van der Waals surface area (Å²) in [6.45, 7) is 14.5. The molecule has 0 amide bonds. The summed E-state index contributed by atoms with van der Waals surface area (Å²) in [5.41, 5.74) is 10.9. The maximum absolute atomic E-state index is 5.15. The topological polar surface area (TPSA) is 24.3 Å². The summed E-state index contributed by atoms with van der Waals surface area (Å²) in [6, 6.07) is 71.2. The van der Waals surface area contributed by atoms with Gasteiger partial charge in [-0.25, -0.2) is 4.98 Å². The van der Waals surface area contributed by atoms with E-state index in [2.05, 4.69) is 238 Å². The number of para-hydroxylation sites is 3. The van der Waals surface area contributed by atoms with Crippen LogP contribution in [0.4, 0.5) is 17.1 Å². The smallest absolute Gasteiger partial charge is 0.349 e. The molecule has 0 spiro atoms. The van der Waals surface area contributed by atoms with Gasteiger partial charge in [0.05, 0.1) is 18.0 Å². The van der Waals surface area contributed by atoms with E-state index in [1.54, 1.807) is 0 Å². The summed E-state index contributed by atoms with van der Waals surface area (Å²) in [4.78, 5) is 10.1. The van der Waals surface area contributed by atoms with Crippen molar-refractivity contribution >= 4 is 67.7 Å². The average Bonchev–Trinajstić information content (AvgIpc) is 3.86. The maximum Gasteiger partial charge on any atom is 2.00 e. The Hall–Kier alpha value is -6.00. The van der Waals surface area contributed by atoms with Crippen molar-refractivity contribution in [2.45, 2.75) is 59.4 Å². The summed E-state index contributed by atoms with van der Waals surface area (Å²) < 4.78 is 2.35. The number of rotatable bonds is 10. The molecule has 0 aliphatic carbocycles. The number of fused-ring (bicyclic) bond motifs is 4. The number of pyridine rings is 1. The van der Waals surface area contributed by atoms with Gasteiger partial charge >= 0.3 is 21.1 Å². The van der Waals surface area contributed by atoms with Crippen LogP contribution >= 0.6 is 0 Å². The van der Waals surface area contributed by atoms with E-state index in [0.717, 1.165) is 34.6 Å². The summed E-state index contributed by atoms with van der Waals surface area (Å²) in [6.07, 6.45) is 1.99. The number of hydrogen-bond donors (Lipinski definition) is 0. The molecule has 6 heteroatoms. The molecule has 0 fully saturated rings. The summed E-state index contributed by atoms with van der Waals surface area (Å²) in [5, 5.41) is 7.29. The zero-order chi connectivity index (χ0) is 42.5. The molecule has 4 nitrogen and oxygen atoms in total. The number of nitrogens with zero attached hydrogens (tertiary/aromatic N) is 4. The molecular formula is C57H52N4PtSi. The second kappa shape index (κ2) is 17.3. The Labute approximate surface area is 388 Å². The minimum absolute atomic E-state index is 0. The first-order valence-corrected chi connectivity index (χ1v) is 24.1. The van der Waals surface area contributed by atoms with E-state index < -0.39 is 8.07 Å². The molecule has 7 aromatic carbocycles. The van der Waals surface area contributed by atoms with Crippen molar-refractivity contribution < 1.29 is 21.1 Å². The Balaban J connectivity index is 0.00000504. The second-order valence-electron chi connectivity index (χ2n) is 17.6. The van der Waals surface area contributed by atoms with Crippen LogP contribution in [0, 0.1) is 12.1 Å². The van der Waals surface area contributed by atoms with Crippen molar-refractivity contribution in [1.82, 2.24) is 9.55 Å². The van der Waals surface area contributed by atoms with Crippen LogP contribution in [-0.4, -0.2) is 30.3 Å². The Morgan fingerprint density at radius 1 is 0.556 bits per heavy atom. The van der Waals surface area contributed by atoms with Gasteiger partial charge in [0.2, 0.25) is 0 Å². The fourth-order valence-corrected chi connectivity index (χ4v) is 14.5. The van der Waals surface area contributed by atoms with E-state index in [-0.39, 0.29) is 21.1 Å². The van der Waals surface area contributed by atoms with Gasteiger partial charge in [-0.2, -0.15) is 46.8 Å². The first-order valence-electron chi connectivity index (χ1n) is 22.1. The number of anilines is 3. The van der Waals surface area contributed by atoms with Gasteiger partial charge in [-0.3, -0.25) is 0 Å². The molecule has 0 N–H and O–H groups in total. The van der Waals surface area contributed by atoms with E-state index in [1.807, 2.05) is 6.20 Å². The quantitative estimate of drug-likeness (QED) is 0.0775. The number of benzene rings is 7. The predicted molar refractivity (Wildman–Crippen MR) is 265 cm³/mol. The van der Waals surface area contributed by atoms with Crippen LogP contribution in [0.1, 0.15) is 64.5 Å². The molecule has 0 atom stereocenters. The molecule has 3 heterocycles. The van der Waals surface area contributed by atoms with Crippen molar-refractivity contribution in [3.8, 4) is 16.9 Å². The van der Waals surface area contributed by atoms with Crippen LogP contribution < -0.4 is 30.5 Å². The molecule has 9 aromatic rings. The molecule has 0 saturated carbocycles. The third kappa shape index (κ3) is 7.16. The van der Waals surface area contributed by atoms with Crippen LogP contribution in [0.15, 0.2) is 176 Å². The molecule has 0 unspecified atom stereocenters. The average molecular weight is 1020 g/mol. The second-order valence-corrected chi connectivity index (χ2v) is 21.3. The summed E-state index contributed by atoms with van der Waals surface area (Å²) >= 11 is 0. The minimum atomic E-state index is -3.09. The van der Waals surface area contributed by atoms with Crippen LogP contribution in [0.25, 0.3) is 38.8 Å². The first-order chi connectivity index (χ1) is 30.3. The third-order valence-electron chi connectivity index (χ3n) is 12.9. The standard InChI is InChI=1S/C57H52N4Si.Pt/c1-39(2)48-26-18-27-49(40(3)4)57(48)42-33-34-58-56(35-42)61-52-28-14-13-25-50(52)51-32-31-47(37-55(51)61)62(44-20-9-7-10-21-44,45-22-11-8-12-23-45)46-24-17-19-43(36-46)60-38-59(41(5)6)53-29-15-16-30-54(53)60;/h7-35,39-41H,38H2,1-6H3;/q-2;+2. The maximum atomic E-state index is 5.15. The van der Waals surface area contributed by atoms with E-state index in [9.17, 15) is 0 Å². The monoisotopic (exact) mass is 1020 g/mol. The Kier molecular flexibility index (Phi) is 11.6. The van der Waals surface area contributed by atoms with Crippen LogP contribution in [-0.2, 0) is 21.1 Å². The van der Waals surface area contributed by atoms with Gasteiger partial charge in [0.1, 0.15) is 13.9 Å². The molecule has 2 aromatic heterocycles. The van der Waals surface area contributed by atoms with Crippen LogP contribution in [0.5, 0.6) is 0 Å². The normalized spacial score (nSPS) is 12.8. The van der Waals surface area contributed by atoms with Gasteiger partial charge in [0.25, 0.3) is 0 Å². The van der Waals surface area contributed by atoms with Gasteiger partial charge in [-0.1, -0.05) is 148 Å². The van der Waals surface area contributed by atoms with E-state index in [4.69, 9.17) is 4.98 Å². The molecule has 63 heavy (non-hydrogen) atoms. The fraction of sp³-hybridized carbons (Fsp3) is 0.175. The molecule has 0 radical (unpaired) electrons. The zero-order valence-corrected chi connectivity index (χ0v) is 40.1. The van der Waals surface area contributed by atoms with Crippen LogP contribution in [0.2, 0.25) is 0 Å². The van der Waals surface area contributed by atoms with E-state index in [1.165, 1.54) is 59.8 Å². The largest absolute Gasteiger partial charge is 2.00 e. The SMILES string of the molecule is CC(C)c1cccc(C(C)C)c1-c1ccnc(-n2c3[c-]c([Si](c4[c-]c(N5CN(C(C)C)c6ccccc65)ccc4)(c4ccccc4)c4ccccc4)ccc3c3ccccc32)c1.[Pt+2]. The van der Waals surface area contributed by atoms with Gasteiger partial charge in [-0.15, -0.1) is 11.5 Å². The Bertz CT molecular complexity index is 3000. The predicted octanol–water partition coefficient (Wildman–Crippen LogP) is 11.4. The molecule has 1 aliphatic rings. The van der Waals surface area contributed by atoms with Crippen molar-refractivity contribution in [3.05, 3.63) is 199 Å². The fourth-order valence-electron chi connectivity index (χ4n) is 9.96. The van der Waals surface area contributed by atoms with Gasteiger partial charge in [0, 0.05) is 17.8 Å². The van der Waals surface area contributed by atoms with Crippen molar-refractivity contribution in [1.29, 1.82) is 0 Å². The number of hydrogen-bond acceptors (Lipinski definition) is 3. The first kappa shape index (κ1) is 42.3. The summed E-state index contributed by atoms with van der Waals surface area (Å²) in [5.74, 6) is 1.64. The number of aromatic nitrogens is 2. The van der Waals surface area contributed by atoms with Crippen LogP contribution in [0.3, 0.4) is 0 Å². The van der Waals surface area contributed by atoms with Crippen molar-refractivity contribution in [2.75, 3.05) is 16.5 Å². The molecule has 0 saturated heterocycles. The van der Waals surface area contributed by atoms with Gasteiger partial charge < -0.3 is 14.4 Å². The van der Waals surface area contributed by atoms with Crippen molar-refractivity contribution in [3.63, 3.8) is 0 Å². The molecule has 10 rings (SSSR count). The van der Waals surface area contributed by atoms with E-state index in [0.29, 0.717) is 17.9 Å². The third-order valence-corrected chi connectivity index (χ3v) is 17.5. The minimum Gasteiger partial charge on any atom is -0.349 e. The Morgan fingerprint density at radius 2 is 1.16 bits per heavy atom. The molecule has 314 valence electrons. The Morgan fingerprint density at radius 3 is 1.83 bits per heavy atom. The molecule has 1 aliphatic heterocycles. The van der Waals surface area contributed by atoms with Gasteiger partial charge in [0.15, 0.2) is 0 Å². The van der Waals surface area contributed by atoms with Gasteiger partial charge in [-0.05, 0) is 94.0 Å². The zero-order valence-electron chi connectivity index (χ0n) is 36.8. The van der Waals surface area contributed by atoms with E-state index >= 15 is 0 Å². The molecule has 0 bridgehead atoms. The molecular weight excluding hydrogens is 964 g/mol.